The first-order valence-corrected chi connectivity index (χ1v) is 13.8. The number of amides is 3. The number of nitrogens with zero attached hydrogens (tertiary/aromatic N) is 6. The van der Waals surface area contributed by atoms with Crippen molar-refractivity contribution in [3.05, 3.63) is 60.8 Å². The van der Waals surface area contributed by atoms with E-state index in [1.165, 1.54) is 37.6 Å². The molecule has 0 fully saturated rings. The smallest absolute Gasteiger partial charge is 0.408 e. The summed E-state index contributed by atoms with van der Waals surface area (Å²) in [5.41, 5.74) is 1.95. The molecular weight excluding hydrogens is 593 g/mol. The van der Waals surface area contributed by atoms with Crippen LogP contribution in [0.3, 0.4) is 0 Å². The Labute approximate surface area is 258 Å². The zero-order chi connectivity index (χ0) is 33.1. The number of hydrogen-bond donors (Lipinski definition) is 3. The number of carbonyl (C=O) groups excluding carboxylic acids is 2. The minimum Gasteiger partial charge on any atom is -0.508 e. The number of aromatic hydroxyl groups is 1. The molecule has 3 aromatic rings. The number of phenols is 1. The molecule has 3 amide bonds. The number of rotatable bonds is 11. The van der Waals surface area contributed by atoms with Crippen LogP contribution < -0.4 is 25.2 Å². The van der Waals surface area contributed by atoms with E-state index in [1.807, 2.05) is 30.9 Å². The molecule has 0 saturated carbocycles. The van der Waals surface area contributed by atoms with Gasteiger partial charge >= 0.3 is 12.2 Å². The predicted molar refractivity (Wildman–Crippen MR) is 166 cm³/mol. The number of phenolic OH excluding ortho intramolecular Hbond substituents is 1. The van der Waals surface area contributed by atoms with Gasteiger partial charge in [-0.05, 0) is 57.4 Å². The largest absolute Gasteiger partial charge is 0.508 e. The highest BCUT2D eigenvalue weighted by atomic mass is 19.4. The lowest BCUT2D eigenvalue weighted by atomic mass is 10.1. The topological polar surface area (TPSA) is 126 Å². The third-order valence-electron chi connectivity index (χ3n) is 7.18. The number of ether oxygens (including phenoxy) is 1. The third kappa shape index (κ3) is 7.37. The van der Waals surface area contributed by atoms with E-state index in [2.05, 4.69) is 27.2 Å². The van der Waals surface area contributed by atoms with Crippen LogP contribution in [-0.4, -0.2) is 90.4 Å². The summed E-state index contributed by atoms with van der Waals surface area (Å²) in [7, 11) is 7.25. The molecule has 240 valence electrons. The van der Waals surface area contributed by atoms with E-state index < -0.39 is 24.2 Å². The monoisotopic (exact) mass is 628 g/mol. The second-order valence-corrected chi connectivity index (χ2v) is 10.6. The van der Waals surface area contributed by atoms with Crippen molar-refractivity contribution >= 4 is 46.5 Å². The van der Waals surface area contributed by atoms with Crippen LogP contribution in [0.25, 0.3) is 0 Å². The van der Waals surface area contributed by atoms with Crippen LogP contribution in [0.15, 0.2) is 55.3 Å². The van der Waals surface area contributed by atoms with Gasteiger partial charge in [-0.15, -0.1) is 0 Å². The van der Waals surface area contributed by atoms with Crippen LogP contribution in [-0.2, 0) is 11.3 Å². The lowest BCUT2D eigenvalue weighted by Gasteiger charge is -2.39. The number of anilines is 6. The van der Waals surface area contributed by atoms with Crippen molar-refractivity contribution < 1.29 is 32.6 Å². The highest BCUT2D eigenvalue weighted by molar-refractivity contribution is 6.03. The predicted octanol–water partition coefficient (Wildman–Crippen LogP) is 5.08. The molecule has 15 heteroatoms. The van der Waals surface area contributed by atoms with E-state index in [0.29, 0.717) is 34.3 Å². The molecule has 1 aliphatic heterocycles. The molecule has 1 atom stereocenters. The minimum absolute atomic E-state index is 0.00987. The highest BCUT2D eigenvalue weighted by Crippen LogP contribution is 2.40. The van der Waals surface area contributed by atoms with Crippen LogP contribution in [0.1, 0.15) is 12.5 Å². The Morgan fingerprint density at radius 1 is 1.18 bits per heavy atom. The summed E-state index contributed by atoms with van der Waals surface area (Å²) in [6.07, 6.45) is -2.18. The lowest BCUT2D eigenvalue weighted by Crippen LogP contribution is -2.53. The number of aromatic nitrogens is 2. The van der Waals surface area contributed by atoms with Gasteiger partial charge < -0.3 is 35.2 Å². The van der Waals surface area contributed by atoms with Crippen molar-refractivity contribution in [2.75, 3.05) is 61.8 Å². The Hall–Kier alpha value is -5.05. The maximum Gasteiger partial charge on any atom is 0.408 e. The lowest BCUT2D eigenvalue weighted by molar-refractivity contribution is -0.172. The molecule has 12 nitrogen and oxygen atoms in total. The average Bonchev–Trinajstić information content (AvgIpc) is 2.99. The summed E-state index contributed by atoms with van der Waals surface area (Å²) in [6.45, 7) is 5.44. The molecule has 2 aromatic carbocycles. The first kappa shape index (κ1) is 32.9. The van der Waals surface area contributed by atoms with Gasteiger partial charge in [-0.25, -0.2) is 14.7 Å². The molecule has 1 aliphatic rings. The summed E-state index contributed by atoms with van der Waals surface area (Å²) < 4.78 is 46.7. The second kappa shape index (κ2) is 13.3. The maximum absolute atomic E-state index is 13.7. The maximum atomic E-state index is 13.7. The van der Waals surface area contributed by atoms with Crippen molar-refractivity contribution in [1.82, 2.24) is 19.8 Å². The Balaban J connectivity index is 1.77. The van der Waals surface area contributed by atoms with Crippen LogP contribution in [0, 0.1) is 0 Å². The molecule has 4 rings (SSSR count). The van der Waals surface area contributed by atoms with E-state index >= 15 is 0 Å². The van der Waals surface area contributed by atoms with E-state index in [4.69, 9.17) is 4.74 Å². The zero-order valence-corrected chi connectivity index (χ0v) is 25.5. The molecule has 0 unspecified atom stereocenters. The standard InChI is InChI=1S/C30H35F3N8O4/c1-7-26(43)35-22-14-23(25(45-6)15-24(22)39(5)13-12-38(3)4)36-28-34-16-19-17-40(18(2)30(31,32)33)29(44)41(27(19)37-28)20-8-10-21(42)11-9-20/h7-11,14-16,18,42H,1,12-13,17H2,2-6H3,(H,35,43)(H,34,36,37)/t18-/m0/s1. The summed E-state index contributed by atoms with van der Waals surface area (Å²) in [6, 6.07) is 5.77. The molecular formula is C30H35F3N8O4. The van der Waals surface area contributed by atoms with Gasteiger partial charge in [-0.1, -0.05) is 6.58 Å². The normalized spacial score (nSPS) is 13.8. The number of methoxy groups -OCH3 is 1. The quantitative estimate of drug-likeness (QED) is 0.249. The average molecular weight is 629 g/mol. The summed E-state index contributed by atoms with van der Waals surface area (Å²) in [5, 5.41) is 15.6. The number of carbonyl (C=O) groups is 2. The summed E-state index contributed by atoms with van der Waals surface area (Å²) in [4.78, 5) is 40.4. The van der Waals surface area contributed by atoms with Crippen LogP contribution in [0.5, 0.6) is 11.5 Å². The van der Waals surface area contributed by atoms with Crippen LogP contribution in [0.4, 0.5) is 52.5 Å². The van der Waals surface area contributed by atoms with Crippen molar-refractivity contribution in [3.8, 4) is 11.5 Å². The Kier molecular flexibility index (Phi) is 9.71. The molecule has 45 heavy (non-hydrogen) atoms. The number of likely N-dealkylation sites (N-methyl/N-ethyl adjacent to an activating group) is 2. The number of fused-ring (bicyclic) bond motifs is 1. The van der Waals surface area contributed by atoms with Crippen molar-refractivity contribution in [1.29, 1.82) is 0 Å². The Morgan fingerprint density at radius 2 is 1.87 bits per heavy atom. The number of hydrogen-bond acceptors (Lipinski definition) is 9. The fourth-order valence-corrected chi connectivity index (χ4v) is 4.57. The van der Waals surface area contributed by atoms with Gasteiger partial charge in [-0.3, -0.25) is 4.79 Å². The van der Waals surface area contributed by atoms with E-state index in [9.17, 15) is 27.9 Å². The highest BCUT2D eigenvalue weighted by Gasteiger charge is 2.46. The molecule has 0 saturated heterocycles. The Morgan fingerprint density at radius 3 is 2.47 bits per heavy atom. The van der Waals surface area contributed by atoms with Crippen molar-refractivity contribution in [3.63, 3.8) is 0 Å². The third-order valence-corrected chi connectivity index (χ3v) is 7.18. The second-order valence-electron chi connectivity index (χ2n) is 10.6. The van der Waals surface area contributed by atoms with Gasteiger partial charge in [0, 0.05) is 38.0 Å². The molecule has 0 bridgehead atoms. The minimum atomic E-state index is -4.67. The fourth-order valence-electron chi connectivity index (χ4n) is 4.57. The van der Waals surface area contributed by atoms with Gasteiger partial charge in [0.05, 0.1) is 36.4 Å². The van der Waals surface area contributed by atoms with E-state index in [-0.39, 0.29) is 35.3 Å². The van der Waals surface area contributed by atoms with Crippen LogP contribution in [0.2, 0.25) is 0 Å². The Bertz CT molecular complexity index is 1570. The first-order chi connectivity index (χ1) is 21.2. The molecule has 1 aromatic heterocycles. The first-order valence-electron chi connectivity index (χ1n) is 13.8. The summed E-state index contributed by atoms with van der Waals surface area (Å²) >= 11 is 0. The van der Waals surface area contributed by atoms with Crippen molar-refractivity contribution in [2.24, 2.45) is 0 Å². The van der Waals surface area contributed by atoms with Gasteiger partial charge in [0.25, 0.3) is 0 Å². The van der Waals surface area contributed by atoms with Gasteiger partial charge in [0.15, 0.2) is 5.82 Å². The van der Waals surface area contributed by atoms with Crippen LogP contribution >= 0.6 is 0 Å². The number of halogens is 3. The van der Waals surface area contributed by atoms with E-state index in [1.54, 1.807) is 12.1 Å². The van der Waals surface area contributed by atoms with Crippen molar-refractivity contribution in [2.45, 2.75) is 25.7 Å². The number of alkyl halides is 3. The SMILES string of the molecule is C=CC(=O)Nc1cc(Nc2ncc3c(n2)N(c2ccc(O)cc2)C(=O)N([C@@H](C)C(F)(F)F)C3)c(OC)cc1N(C)CCN(C)C. The molecule has 0 aliphatic carbocycles. The zero-order valence-electron chi connectivity index (χ0n) is 25.5. The van der Waals surface area contributed by atoms with E-state index in [0.717, 1.165) is 24.4 Å². The number of urea groups is 1. The molecule has 2 heterocycles. The van der Waals surface area contributed by atoms with Gasteiger partial charge in [-0.2, -0.15) is 18.2 Å². The summed E-state index contributed by atoms with van der Waals surface area (Å²) in [5.74, 6) is -0.0599. The fraction of sp³-hybridized carbons (Fsp3) is 0.333. The van der Waals surface area contributed by atoms with Gasteiger partial charge in [0.2, 0.25) is 11.9 Å². The van der Waals surface area contributed by atoms with Gasteiger partial charge in [0.1, 0.15) is 17.5 Å². The molecule has 0 spiro atoms. The number of nitrogens with one attached hydrogen (secondary N) is 2. The molecule has 0 radical (unpaired) electrons. The molecule has 3 N–H and O–H groups in total. The number of benzene rings is 2.